The predicted octanol–water partition coefficient (Wildman–Crippen LogP) is 5.95. The highest BCUT2D eigenvalue weighted by molar-refractivity contribution is 5.39. The van der Waals surface area contributed by atoms with Crippen molar-refractivity contribution in [1.82, 2.24) is 0 Å². The summed E-state index contributed by atoms with van der Waals surface area (Å²) in [6.45, 7) is 14.8. The first kappa shape index (κ1) is 24.7. The van der Waals surface area contributed by atoms with Crippen molar-refractivity contribution in [1.29, 1.82) is 0 Å². The van der Waals surface area contributed by atoms with Gasteiger partial charge in [0.1, 0.15) is 0 Å². The highest BCUT2D eigenvalue weighted by Crippen LogP contribution is 2.60. The molecule has 3 saturated carbocycles. The Hall–Kier alpha value is -0.900. The summed E-state index contributed by atoms with van der Waals surface area (Å²) in [6.07, 6.45) is 13.4. The van der Waals surface area contributed by atoms with Crippen molar-refractivity contribution in [2.75, 3.05) is 0 Å². The minimum absolute atomic E-state index is 0.149. The second-order valence-electron chi connectivity index (χ2n) is 11.8. The van der Waals surface area contributed by atoms with Gasteiger partial charge in [-0.05, 0) is 93.1 Å². The lowest BCUT2D eigenvalue weighted by Gasteiger charge is -2.44. The van der Waals surface area contributed by atoms with E-state index < -0.39 is 17.8 Å². The predicted molar refractivity (Wildman–Crippen MR) is 129 cm³/mol. The molecule has 3 aliphatic rings. The number of aliphatic hydroxyl groups is 3. The van der Waals surface area contributed by atoms with E-state index in [1.54, 1.807) is 5.57 Å². The van der Waals surface area contributed by atoms with E-state index in [-0.39, 0.29) is 5.92 Å². The molecule has 0 aliphatic heterocycles. The number of allylic oxidation sites excluding steroid dienone is 3. The van der Waals surface area contributed by atoms with Crippen molar-refractivity contribution in [2.45, 2.75) is 110 Å². The molecular formula is C28H46O3. The minimum Gasteiger partial charge on any atom is -0.392 e. The molecule has 0 aromatic carbocycles. The fraction of sp³-hybridized carbons (Fsp3) is 0.786. The average molecular weight is 431 g/mol. The first-order chi connectivity index (χ1) is 14.4. The molecular weight excluding hydrogens is 384 g/mol. The monoisotopic (exact) mass is 430 g/mol. The van der Waals surface area contributed by atoms with E-state index in [0.717, 1.165) is 36.3 Å². The van der Waals surface area contributed by atoms with E-state index in [1.165, 1.54) is 32.1 Å². The lowest BCUT2D eigenvalue weighted by atomic mass is 9.60. The van der Waals surface area contributed by atoms with Crippen LogP contribution < -0.4 is 0 Å². The minimum atomic E-state index is -0.648. The maximum absolute atomic E-state index is 10.4. The molecule has 3 rings (SSSR count). The van der Waals surface area contributed by atoms with Gasteiger partial charge in [-0.1, -0.05) is 57.9 Å². The van der Waals surface area contributed by atoms with Gasteiger partial charge < -0.3 is 15.3 Å². The molecule has 3 fully saturated rings. The molecule has 0 amide bonds. The second kappa shape index (κ2) is 9.53. The summed E-state index contributed by atoms with van der Waals surface area (Å²) in [5, 5.41) is 30.7. The summed E-state index contributed by atoms with van der Waals surface area (Å²) < 4.78 is 0. The molecule has 0 radical (unpaired) electrons. The summed E-state index contributed by atoms with van der Waals surface area (Å²) in [5.41, 5.74) is 3.15. The quantitative estimate of drug-likeness (QED) is 0.488. The first-order valence-corrected chi connectivity index (χ1v) is 12.6. The lowest BCUT2D eigenvalue weighted by molar-refractivity contribution is 0.0283. The Labute approximate surface area is 190 Å². The van der Waals surface area contributed by atoms with Crippen molar-refractivity contribution in [3.05, 3.63) is 35.5 Å². The molecule has 1 unspecified atom stereocenters. The number of aliphatic hydroxyl groups excluding tert-OH is 2. The summed E-state index contributed by atoms with van der Waals surface area (Å²) in [5.74, 6) is 1.94. The molecule has 0 bridgehead atoms. The Morgan fingerprint density at radius 1 is 1.23 bits per heavy atom. The molecule has 176 valence electrons. The van der Waals surface area contributed by atoms with E-state index >= 15 is 0 Å². The van der Waals surface area contributed by atoms with Crippen molar-refractivity contribution in [3.63, 3.8) is 0 Å². The smallest absolute Gasteiger partial charge is 0.0837 e. The van der Waals surface area contributed by atoms with Gasteiger partial charge in [0.05, 0.1) is 17.8 Å². The number of hydrogen-bond acceptors (Lipinski definition) is 3. The second-order valence-corrected chi connectivity index (χ2v) is 11.8. The van der Waals surface area contributed by atoms with Crippen LogP contribution in [0.4, 0.5) is 0 Å². The topological polar surface area (TPSA) is 60.7 Å². The number of fused-ring (bicyclic) bond motifs is 1. The maximum atomic E-state index is 10.4. The summed E-state index contributed by atoms with van der Waals surface area (Å²) in [4.78, 5) is 0. The lowest BCUT2D eigenvalue weighted by Crippen LogP contribution is -2.36. The zero-order chi connectivity index (χ0) is 23.0. The number of hydrogen-bond donors (Lipinski definition) is 3. The van der Waals surface area contributed by atoms with E-state index in [9.17, 15) is 15.3 Å². The van der Waals surface area contributed by atoms with E-state index in [1.807, 2.05) is 20.8 Å². The van der Waals surface area contributed by atoms with Gasteiger partial charge in [0, 0.05) is 5.92 Å². The van der Waals surface area contributed by atoms with Gasteiger partial charge in [0.15, 0.2) is 0 Å². The van der Waals surface area contributed by atoms with Crippen LogP contribution >= 0.6 is 0 Å². The Morgan fingerprint density at radius 3 is 2.61 bits per heavy atom. The van der Waals surface area contributed by atoms with Crippen molar-refractivity contribution >= 4 is 0 Å². The third-order valence-electron chi connectivity index (χ3n) is 8.97. The Kier molecular flexibility index (Phi) is 7.61. The van der Waals surface area contributed by atoms with Gasteiger partial charge in [-0.3, -0.25) is 0 Å². The maximum Gasteiger partial charge on any atom is 0.0837 e. The first-order valence-electron chi connectivity index (χ1n) is 12.6. The number of rotatable bonds is 6. The average Bonchev–Trinajstić information content (AvgIpc) is 3.04. The van der Waals surface area contributed by atoms with Crippen LogP contribution in [-0.4, -0.2) is 33.1 Å². The highest BCUT2D eigenvalue weighted by Gasteiger charge is 2.50. The molecule has 0 aromatic rings. The van der Waals surface area contributed by atoms with Crippen LogP contribution in [0.5, 0.6) is 0 Å². The van der Waals surface area contributed by atoms with Gasteiger partial charge in [-0.25, -0.2) is 0 Å². The van der Waals surface area contributed by atoms with E-state index in [0.29, 0.717) is 23.7 Å². The molecule has 31 heavy (non-hydrogen) atoms. The third-order valence-corrected chi connectivity index (χ3v) is 8.97. The van der Waals surface area contributed by atoms with Crippen LogP contribution in [-0.2, 0) is 0 Å². The molecule has 3 N–H and O–H groups in total. The zero-order valence-corrected chi connectivity index (χ0v) is 20.5. The van der Waals surface area contributed by atoms with Crippen molar-refractivity contribution in [3.8, 4) is 0 Å². The van der Waals surface area contributed by atoms with Gasteiger partial charge in [-0.2, -0.15) is 0 Å². The fourth-order valence-electron chi connectivity index (χ4n) is 6.91. The van der Waals surface area contributed by atoms with E-state index in [2.05, 4.69) is 32.6 Å². The Morgan fingerprint density at radius 2 is 1.94 bits per heavy atom. The molecule has 3 nitrogen and oxygen atoms in total. The molecule has 0 aromatic heterocycles. The zero-order valence-electron chi connectivity index (χ0n) is 20.5. The van der Waals surface area contributed by atoms with Gasteiger partial charge >= 0.3 is 0 Å². The van der Waals surface area contributed by atoms with Crippen molar-refractivity contribution < 1.29 is 15.3 Å². The molecule has 0 spiro atoms. The Bertz CT molecular complexity index is 712. The van der Waals surface area contributed by atoms with Crippen LogP contribution in [0.3, 0.4) is 0 Å². The highest BCUT2D eigenvalue weighted by atomic mass is 16.3. The molecule has 3 heteroatoms. The van der Waals surface area contributed by atoms with E-state index in [4.69, 9.17) is 0 Å². The fourth-order valence-corrected chi connectivity index (χ4v) is 6.91. The van der Waals surface area contributed by atoms with Gasteiger partial charge in [0.25, 0.3) is 0 Å². The summed E-state index contributed by atoms with van der Waals surface area (Å²) in [6, 6.07) is 0. The summed E-state index contributed by atoms with van der Waals surface area (Å²) >= 11 is 0. The standard InChI is InChI=1S/C28H46O3/c1-18(9-7-15-27(4,5)31)23-13-14-24-21(10-8-16-28(23,24)6)11-12-22-17-25(29)20(3)26(30)19(22)2/h11-12,18,20,23-26,29-31H,2,7-10,13-17H2,1,3-6H3/b21-11?,22-12-/t18-,20-,23+,24?,25-,26-,28+/m0/s1. The SMILES string of the molecule is C=C1/C(=C\C=C2CCC[C@@]3(C)C2CC[C@@H]3[C@@H](C)CCCC(C)(C)O)C[C@H](O)[C@H](C)[C@H]1O. The van der Waals surface area contributed by atoms with Gasteiger partial charge in [-0.15, -0.1) is 0 Å². The molecule has 7 atom stereocenters. The third kappa shape index (κ3) is 5.37. The summed E-state index contributed by atoms with van der Waals surface area (Å²) in [7, 11) is 0. The van der Waals surface area contributed by atoms with Crippen LogP contribution in [0.25, 0.3) is 0 Å². The Balaban J connectivity index is 1.71. The van der Waals surface area contributed by atoms with Crippen molar-refractivity contribution in [2.24, 2.45) is 29.1 Å². The van der Waals surface area contributed by atoms with Crippen LogP contribution in [0.15, 0.2) is 35.5 Å². The van der Waals surface area contributed by atoms with Gasteiger partial charge in [0.2, 0.25) is 0 Å². The van der Waals surface area contributed by atoms with Crippen LogP contribution in [0.1, 0.15) is 92.4 Å². The molecule has 3 aliphatic carbocycles. The largest absolute Gasteiger partial charge is 0.392 e. The molecule has 0 saturated heterocycles. The van der Waals surface area contributed by atoms with Crippen LogP contribution in [0, 0.1) is 29.1 Å². The molecule has 0 heterocycles. The normalized spacial score (nSPS) is 40.4. The van der Waals surface area contributed by atoms with Crippen LogP contribution in [0.2, 0.25) is 0 Å².